The lowest BCUT2D eigenvalue weighted by Crippen LogP contribution is -2.23. The van der Waals surface area contributed by atoms with Crippen molar-refractivity contribution < 1.29 is 4.74 Å². The van der Waals surface area contributed by atoms with E-state index < -0.39 is 0 Å². The Hall–Kier alpha value is -1.83. The zero-order chi connectivity index (χ0) is 15.8. The summed E-state index contributed by atoms with van der Waals surface area (Å²) in [5.41, 5.74) is 8.09. The number of halogens is 1. The van der Waals surface area contributed by atoms with Gasteiger partial charge in [-0.2, -0.15) is 0 Å². The van der Waals surface area contributed by atoms with Crippen LogP contribution in [0.3, 0.4) is 0 Å². The fourth-order valence-electron chi connectivity index (χ4n) is 1.93. The average Bonchev–Trinajstić information content (AvgIpc) is 2.53. The van der Waals surface area contributed by atoms with Crippen LogP contribution in [0.25, 0.3) is 0 Å². The van der Waals surface area contributed by atoms with E-state index in [-0.39, 0.29) is 24.0 Å². The van der Waals surface area contributed by atoms with Gasteiger partial charge in [-0.3, -0.25) is 4.98 Å². The molecule has 23 heavy (non-hydrogen) atoms. The molecule has 0 saturated heterocycles. The van der Waals surface area contributed by atoms with Crippen LogP contribution >= 0.6 is 24.0 Å². The number of benzene rings is 1. The van der Waals surface area contributed by atoms with E-state index in [2.05, 4.69) is 41.3 Å². The van der Waals surface area contributed by atoms with Gasteiger partial charge in [0.2, 0.25) is 0 Å². The molecule has 1 heterocycles. The number of guanidine groups is 1. The van der Waals surface area contributed by atoms with Crippen molar-refractivity contribution in [1.82, 2.24) is 4.98 Å². The first-order valence-corrected chi connectivity index (χ1v) is 7.35. The van der Waals surface area contributed by atoms with Crippen LogP contribution in [0.5, 0.6) is 5.75 Å². The van der Waals surface area contributed by atoms with Gasteiger partial charge in [-0.25, -0.2) is 4.99 Å². The molecule has 5 nitrogen and oxygen atoms in total. The lowest BCUT2D eigenvalue weighted by molar-refractivity contribution is 0.327. The van der Waals surface area contributed by atoms with Crippen molar-refractivity contribution in [3.05, 3.63) is 54.4 Å². The van der Waals surface area contributed by atoms with Crippen molar-refractivity contribution in [2.45, 2.75) is 19.8 Å². The molecule has 3 N–H and O–H groups in total. The summed E-state index contributed by atoms with van der Waals surface area (Å²) in [5, 5.41) is 3.10. The molecule has 124 valence electrons. The van der Waals surface area contributed by atoms with Gasteiger partial charge in [0.15, 0.2) is 5.96 Å². The summed E-state index contributed by atoms with van der Waals surface area (Å²) in [6.45, 7) is 5.26. The number of anilines is 1. The molecule has 0 amide bonds. The van der Waals surface area contributed by atoms with Crippen LogP contribution < -0.4 is 15.8 Å². The third-order valence-corrected chi connectivity index (χ3v) is 3.10. The first-order valence-electron chi connectivity index (χ1n) is 7.35. The standard InChI is InChI=1S/C17H22N4O.HI/c1-13(2)14-5-3-6-15(11-14)21-17(18)20-9-10-22-16-7-4-8-19-12-16;/h3-8,11-13H,9-10H2,1-2H3,(H3,18,20,21);1H. The van der Waals surface area contributed by atoms with E-state index >= 15 is 0 Å². The number of rotatable bonds is 6. The Kier molecular flexibility index (Phi) is 8.39. The fourth-order valence-corrected chi connectivity index (χ4v) is 1.93. The van der Waals surface area contributed by atoms with Crippen molar-refractivity contribution in [2.24, 2.45) is 10.7 Å². The second-order valence-corrected chi connectivity index (χ2v) is 5.21. The molecule has 0 fully saturated rings. The number of ether oxygens (including phenoxy) is 1. The van der Waals surface area contributed by atoms with Gasteiger partial charge in [-0.1, -0.05) is 26.0 Å². The van der Waals surface area contributed by atoms with Crippen molar-refractivity contribution in [3.8, 4) is 5.75 Å². The molecular formula is C17H23IN4O. The quantitative estimate of drug-likeness (QED) is 0.320. The average molecular weight is 426 g/mol. The highest BCUT2D eigenvalue weighted by Crippen LogP contribution is 2.18. The number of hydrogen-bond donors (Lipinski definition) is 2. The van der Waals surface area contributed by atoms with Gasteiger partial charge in [0, 0.05) is 11.9 Å². The predicted octanol–water partition coefficient (Wildman–Crippen LogP) is 3.63. The van der Waals surface area contributed by atoms with E-state index in [1.165, 1.54) is 5.56 Å². The zero-order valence-corrected chi connectivity index (χ0v) is 15.7. The molecule has 6 heteroatoms. The minimum Gasteiger partial charge on any atom is -0.490 e. The topological polar surface area (TPSA) is 72.5 Å². The molecule has 2 aromatic rings. The Labute approximate surface area is 154 Å². The lowest BCUT2D eigenvalue weighted by Gasteiger charge is -2.10. The van der Waals surface area contributed by atoms with Crippen LogP contribution in [0.15, 0.2) is 53.8 Å². The summed E-state index contributed by atoms with van der Waals surface area (Å²) in [6.07, 6.45) is 3.38. The van der Waals surface area contributed by atoms with Gasteiger partial charge in [0.1, 0.15) is 12.4 Å². The van der Waals surface area contributed by atoms with Gasteiger partial charge in [-0.15, -0.1) is 24.0 Å². The van der Waals surface area contributed by atoms with Crippen molar-refractivity contribution in [3.63, 3.8) is 0 Å². The van der Waals surface area contributed by atoms with Crippen LogP contribution in [0.2, 0.25) is 0 Å². The van der Waals surface area contributed by atoms with Crippen LogP contribution in [-0.2, 0) is 0 Å². The summed E-state index contributed by atoms with van der Waals surface area (Å²) >= 11 is 0. The Morgan fingerprint density at radius 2 is 2.13 bits per heavy atom. The van der Waals surface area contributed by atoms with Crippen LogP contribution in [-0.4, -0.2) is 24.1 Å². The van der Waals surface area contributed by atoms with Crippen LogP contribution in [0, 0.1) is 0 Å². The molecule has 0 atom stereocenters. The van der Waals surface area contributed by atoms with Crippen molar-refractivity contribution in [1.29, 1.82) is 0 Å². The Balaban J connectivity index is 0.00000264. The molecule has 1 aromatic carbocycles. The largest absolute Gasteiger partial charge is 0.490 e. The number of aliphatic imine (C=N–C) groups is 1. The molecule has 0 saturated carbocycles. The molecule has 0 aliphatic carbocycles. The maximum Gasteiger partial charge on any atom is 0.193 e. The van der Waals surface area contributed by atoms with E-state index in [4.69, 9.17) is 10.5 Å². The second kappa shape index (κ2) is 10.0. The summed E-state index contributed by atoms with van der Waals surface area (Å²) < 4.78 is 5.50. The SMILES string of the molecule is CC(C)c1cccc(NC(N)=NCCOc2cccnc2)c1.I. The summed E-state index contributed by atoms with van der Waals surface area (Å²) in [4.78, 5) is 8.23. The molecular weight excluding hydrogens is 403 g/mol. The lowest BCUT2D eigenvalue weighted by atomic mass is 10.0. The van der Waals surface area contributed by atoms with Gasteiger partial charge >= 0.3 is 0 Å². The number of nitrogens with zero attached hydrogens (tertiary/aromatic N) is 2. The molecule has 0 bridgehead atoms. The molecule has 1 aromatic heterocycles. The molecule has 2 rings (SSSR count). The van der Waals surface area contributed by atoms with Gasteiger partial charge in [0.25, 0.3) is 0 Å². The maximum atomic E-state index is 5.88. The van der Waals surface area contributed by atoms with E-state index in [0.29, 0.717) is 25.0 Å². The molecule has 0 unspecified atom stereocenters. The Morgan fingerprint density at radius 3 is 2.83 bits per heavy atom. The Morgan fingerprint density at radius 1 is 1.30 bits per heavy atom. The van der Waals surface area contributed by atoms with Gasteiger partial charge in [0.05, 0.1) is 12.7 Å². The monoisotopic (exact) mass is 426 g/mol. The van der Waals surface area contributed by atoms with E-state index in [1.54, 1.807) is 12.4 Å². The smallest absolute Gasteiger partial charge is 0.193 e. The minimum atomic E-state index is 0. The van der Waals surface area contributed by atoms with Crippen LogP contribution in [0.1, 0.15) is 25.3 Å². The first kappa shape index (κ1) is 19.2. The second-order valence-electron chi connectivity index (χ2n) is 5.21. The predicted molar refractivity (Wildman–Crippen MR) is 106 cm³/mol. The molecule has 0 aliphatic heterocycles. The van der Waals surface area contributed by atoms with E-state index in [0.717, 1.165) is 11.4 Å². The fraction of sp³-hybridized carbons (Fsp3) is 0.294. The van der Waals surface area contributed by atoms with Crippen LogP contribution in [0.4, 0.5) is 5.69 Å². The summed E-state index contributed by atoms with van der Waals surface area (Å²) in [5.74, 6) is 1.59. The summed E-state index contributed by atoms with van der Waals surface area (Å²) in [7, 11) is 0. The van der Waals surface area contributed by atoms with E-state index in [1.807, 2.05) is 24.3 Å². The highest BCUT2D eigenvalue weighted by molar-refractivity contribution is 14.0. The number of pyridine rings is 1. The molecule has 0 radical (unpaired) electrons. The van der Waals surface area contributed by atoms with Gasteiger partial charge < -0.3 is 15.8 Å². The number of nitrogens with two attached hydrogens (primary N) is 1. The Bertz CT molecular complexity index is 617. The number of nitrogens with one attached hydrogen (secondary N) is 1. The summed E-state index contributed by atoms with van der Waals surface area (Å²) in [6, 6.07) is 11.9. The zero-order valence-electron chi connectivity index (χ0n) is 13.4. The number of aromatic nitrogens is 1. The molecule has 0 aliphatic rings. The first-order chi connectivity index (χ1) is 10.6. The van der Waals surface area contributed by atoms with Gasteiger partial charge in [-0.05, 0) is 35.7 Å². The normalized spacial score (nSPS) is 11.0. The highest BCUT2D eigenvalue weighted by Gasteiger charge is 2.01. The third kappa shape index (κ3) is 6.85. The van der Waals surface area contributed by atoms with Crippen molar-refractivity contribution >= 4 is 35.6 Å². The van der Waals surface area contributed by atoms with Crippen molar-refractivity contribution in [2.75, 3.05) is 18.5 Å². The third-order valence-electron chi connectivity index (χ3n) is 3.10. The maximum absolute atomic E-state index is 5.88. The minimum absolute atomic E-state index is 0. The molecule has 0 spiro atoms. The highest BCUT2D eigenvalue weighted by atomic mass is 127. The number of hydrogen-bond acceptors (Lipinski definition) is 3. The van der Waals surface area contributed by atoms with E-state index in [9.17, 15) is 0 Å².